The number of nitrogens with one attached hydrogen (secondary N) is 1. The number of carboxylic acids is 1. The number of carbonyl (C=O) groups is 1. The smallest absolute Gasteiger partial charge is 0.308 e. The minimum absolute atomic E-state index is 0.228. The van der Waals surface area contributed by atoms with Crippen molar-refractivity contribution in [3.8, 4) is 0 Å². The van der Waals surface area contributed by atoms with E-state index in [2.05, 4.69) is 0 Å². The first-order chi connectivity index (χ1) is 6.91. The molecule has 1 aromatic rings. The van der Waals surface area contributed by atoms with Gasteiger partial charge in [0.25, 0.3) is 12.0 Å². The minimum Gasteiger partial charge on any atom is -0.481 e. The van der Waals surface area contributed by atoms with E-state index in [0.29, 0.717) is 0 Å². The van der Waals surface area contributed by atoms with Gasteiger partial charge in [-0.2, -0.15) is 0 Å². The molecule has 0 fully saturated rings. The van der Waals surface area contributed by atoms with Gasteiger partial charge in [0.15, 0.2) is 0 Å². The van der Waals surface area contributed by atoms with E-state index in [0.717, 1.165) is 6.07 Å². The number of alkyl halides is 2. The molecule has 1 heterocycles. The number of hydrogen-bond donors (Lipinski definition) is 2. The standard InChI is InChI=1S/C8H6ClF2NO3/c9-4-2-5(7(10)11)12-8(15)3(4)1-6(13)14/h2,7H,1H2,(H,12,15)(H,13,14). The molecule has 0 amide bonds. The average Bonchev–Trinajstić information content (AvgIpc) is 2.10. The number of hydrogen-bond acceptors (Lipinski definition) is 2. The molecule has 0 bridgehead atoms. The Morgan fingerprint density at radius 3 is 2.60 bits per heavy atom. The molecule has 0 aliphatic rings. The lowest BCUT2D eigenvalue weighted by Crippen LogP contribution is -2.18. The second-order valence-electron chi connectivity index (χ2n) is 2.75. The fourth-order valence-corrected chi connectivity index (χ4v) is 1.28. The summed E-state index contributed by atoms with van der Waals surface area (Å²) in [5.41, 5.74) is -1.76. The van der Waals surface area contributed by atoms with Crippen LogP contribution < -0.4 is 5.56 Å². The fraction of sp³-hybridized carbons (Fsp3) is 0.250. The highest BCUT2D eigenvalue weighted by molar-refractivity contribution is 6.31. The van der Waals surface area contributed by atoms with Crippen molar-refractivity contribution in [2.45, 2.75) is 12.8 Å². The van der Waals surface area contributed by atoms with Crippen molar-refractivity contribution >= 4 is 17.6 Å². The lowest BCUT2D eigenvalue weighted by molar-refractivity contribution is -0.136. The van der Waals surface area contributed by atoms with Gasteiger partial charge in [0.05, 0.1) is 17.1 Å². The Balaban J connectivity index is 3.21. The zero-order chi connectivity index (χ0) is 11.6. The number of halogens is 3. The van der Waals surface area contributed by atoms with E-state index in [-0.39, 0.29) is 10.6 Å². The lowest BCUT2D eigenvalue weighted by atomic mass is 10.2. The molecule has 2 N–H and O–H groups in total. The van der Waals surface area contributed by atoms with E-state index >= 15 is 0 Å². The third-order valence-electron chi connectivity index (χ3n) is 1.67. The van der Waals surface area contributed by atoms with E-state index in [1.807, 2.05) is 4.98 Å². The Morgan fingerprint density at radius 1 is 1.60 bits per heavy atom. The fourth-order valence-electron chi connectivity index (χ4n) is 1.01. The molecule has 15 heavy (non-hydrogen) atoms. The normalized spacial score (nSPS) is 10.7. The monoisotopic (exact) mass is 237 g/mol. The zero-order valence-corrected chi connectivity index (χ0v) is 8.02. The summed E-state index contributed by atoms with van der Waals surface area (Å²) in [7, 11) is 0. The molecule has 0 aliphatic carbocycles. The quantitative estimate of drug-likeness (QED) is 0.839. The van der Waals surface area contributed by atoms with Gasteiger partial charge in [-0.15, -0.1) is 0 Å². The minimum atomic E-state index is -2.85. The molecular formula is C8H6ClF2NO3. The van der Waals surface area contributed by atoms with Crippen LogP contribution in [0.2, 0.25) is 5.02 Å². The Morgan fingerprint density at radius 2 is 2.20 bits per heavy atom. The summed E-state index contributed by atoms with van der Waals surface area (Å²) in [6.07, 6.45) is -3.45. The molecular weight excluding hydrogens is 232 g/mol. The maximum atomic E-state index is 12.2. The average molecular weight is 238 g/mol. The van der Waals surface area contributed by atoms with Gasteiger partial charge in [-0.1, -0.05) is 11.6 Å². The van der Waals surface area contributed by atoms with E-state index in [9.17, 15) is 18.4 Å². The highest BCUT2D eigenvalue weighted by atomic mass is 35.5. The Hall–Kier alpha value is -1.43. The third kappa shape index (κ3) is 2.76. The SMILES string of the molecule is O=C(O)Cc1c(Cl)cc(C(F)F)[nH]c1=O. The van der Waals surface area contributed by atoms with Crippen LogP contribution in [0.5, 0.6) is 0 Å². The molecule has 0 saturated heterocycles. The summed E-state index contributed by atoms with van der Waals surface area (Å²) in [6, 6.07) is 0.853. The van der Waals surface area contributed by atoms with Gasteiger partial charge < -0.3 is 10.1 Å². The molecule has 0 aliphatic heterocycles. The molecule has 0 aromatic carbocycles. The summed E-state index contributed by atoms with van der Waals surface area (Å²) < 4.78 is 24.4. The van der Waals surface area contributed by atoms with Crippen molar-refractivity contribution in [3.63, 3.8) is 0 Å². The molecule has 4 nitrogen and oxygen atoms in total. The summed E-state index contributed by atoms with van der Waals surface area (Å²) >= 11 is 5.51. The number of rotatable bonds is 3. The van der Waals surface area contributed by atoms with Crippen LogP contribution in [0.3, 0.4) is 0 Å². The van der Waals surface area contributed by atoms with Crippen LogP contribution in [0.15, 0.2) is 10.9 Å². The van der Waals surface area contributed by atoms with E-state index in [1.165, 1.54) is 0 Å². The highest BCUT2D eigenvalue weighted by Crippen LogP contribution is 2.20. The number of H-pyrrole nitrogens is 1. The van der Waals surface area contributed by atoms with Crippen LogP contribution in [-0.4, -0.2) is 16.1 Å². The first-order valence-corrected chi connectivity index (χ1v) is 4.21. The van der Waals surface area contributed by atoms with Crippen LogP contribution >= 0.6 is 11.6 Å². The summed E-state index contributed by atoms with van der Waals surface area (Å²) in [4.78, 5) is 23.4. The lowest BCUT2D eigenvalue weighted by Gasteiger charge is -2.03. The largest absolute Gasteiger partial charge is 0.481 e. The van der Waals surface area contributed by atoms with Crippen molar-refractivity contribution in [1.82, 2.24) is 4.98 Å². The first kappa shape index (κ1) is 11.6. The van der Waals surface area contributed by atoms with Crippen molar-refractivity contribution in [2.75, 3.05) is 0 Å². The predicted octanol–water partition coefficient (Wildman–Crippen LogP) is 1.59. The van der Waals surface area contributed by atoms with Crippen molar-refractivity contribution in [2.24, 2.45) is 0 Å². The van der Waals surface area contributed by atoms with Crippen LogP contribution in [0, 0.1) is 0 Å². The maximum Gasteiger partial charge on any atom is 0.308 e. The topological polar surface area (TPSA) is 70.2 Å². The first-order valence-electron chi connectivity index (χ1n) is 3.83. The van der Waals surface area contributed by atoms with Crippen LogP contribution in [0.1, 0.15) is 17.7 Å². The number of aromatic nitrogens is 1. The van der Waals surface area contributed by atoms with Crippen molar-refractivity contribution in [1.29, 1.82) is 0 Å². The zero-order valence-electron chi connectivity index (χ0n) is 7.26. The van der Waals surface area contributed by atoms with Crippen LogP contribution in [-0.2, 0) is 11.2 Å². The highest BCUT2D eigenvalue weighted by Gasteiger charge is 2.15. The summed E-state index contributed by atoms with van der Waals surface area (Å²) in [6.45, 7) is 0. The van der Waals surface area contributed by atoms with Crippen LogP contribution in [0.25, 0.3) is 0 Å². The van der Waals surface area contributed by atoms with E-state index in [1.54, 1.807) is 0 Å². The molecule has 82 valence electrons. The van der Waals surface area contributed by atoms with Gasteiger partial charge in [0.1, 0.15) is 0 Å². The van der Waals surface area contributed by atoms with Gasteiger partial charge in [-0.05, 0) is 6.07 Å². The molecule has 7 heteroatoms. The molecule has 1 aromatic heterocycles. The predicted molar refractivity (Wildman–Crippen MR) is 48.4 cm³/mol. The number of aliphatic carboxylic acids is 1. The maximum absolute atomic E-state index is 12.2. The van der Waals surface area contributed by atoms with Gasteiger partial charge in [0.2, 0.25) is 0 Å². The Kier molecular flexibility index (Phi) is 3.41. The van der Waals surface area contributed by atoms with Crippen molar-refractivity contribution < 1.29 is 18.7 Å². The molecule has 1 rings (SSSR count). The number of pyridine rings is 1. The second-order valence-corrected chi connectivity index (χ2v) is 3.16. The third-order valence-corrected chi connectivity index (χ3v) is 2.00. The van der Waals surface area contributed by atoms with Crippen LogP contribution in [0.4, 0.5) is 8.78 Å². The van der Waals surface area contributed by atoms with E-state index < -0.39 is 30.1 Å². The molecule has 0 spiro atoms. The molecule has 0 radical (unpaired) electrons. The van der Waals surface area contributed by atoms with Gasteiger partial charge in [-0.25, -0.2) is 8.78 Å². The molecule has 0 saturated carbocycles. The van der Waals surface area contributed by atoms with Crippen molar-refractivity contribution in [3.05, 3.63) is 32.7 Å². The number of aromatic amines is 1. The Bertz CT molecular complexity index is 444. The number of carboxylic acid groups (broad SMARTS) is 1. The molecule has 0 unspecified atom stereocenters. The summed E-state index contributed by atoms with van der Waals surface area (Å²) in [5, 5.41) is 8.17. The van der Waals surface area contributed by atoms with Gasteiger partial charge in [-0.3, -0.25) is 9.59 Å². The summed E-state index contributed by atoms with van der Waals surface area (Å²) in [5.74, 6) is -1.26. The van der Waals surface area contributed by atoms with E-state index in [4.69, 9.17) is 16.7 Å². The van der Waals surface area contributed by atoms with Gasteiger partial charge in [0, 0.05) is 5.56 Å². The second kappa shape index (κ2) is 4.39. The van der Waals surface area contributed by atoms with Gasteiger partial charge >= 0.3 is 5.97 Å². The molecule has 0 atom stereocenters. The Labute approximate surface area is 87.5 Å².